The molecule has 0 saturated heterocycles. The summed E-state index contributed by atoms with van der Waals surface area (Å²) in [4.78, 5) is 2.23. The topological polar surface area (TPSA) is 3.24 Å². The summed E-state index contributed by atoms with van der Waals surface area (Å²) in [5.74, 6) is 0. The monoisotopic (exact) mass is 179 g/mol. The highest BCUT2D eigenvalue weighted by Gasteiger charge is 2.16. The summed E-state index contributed by atoms with van der Waals surface area (Å²) < 4.78 is 0.0556. The van der Waals surface area contributed by atoms with Crippen molar-refractivity contribution in [1.82, 2.24) is 4.90 Å². The van der Waals surface area contributed by atoms with Crippen LogP contribution in [0.15, 0.2) is 0 Å². The van der Waals surface area contributed by atoms with E-state index in [4.69, 9.17) is 0 Å². The highest BCUT2D eigenvalue weighted by molar-refractivity contribution is 7.99. The number of rotatable bonds is 3. The molecule has 0 aromatic heterocycles. The Hall–Kier alpha value is 0.660. The third kappa shape index (κ3) is 3.17. The molecule has 0 unspecified atom stereocenters. The van der Waals surface area contributed by atoms with Crippen molar-refractivity contribution in [2.45, 2.75) is 44.5 Å². The van der Waals surface area contributed by atoms with Gasteiger partial charge in [0.25, 0.3) is 0 Å². The Morgan fingerprint density at radius 2 is 1.20 bits per heavy atom. The molecule has 0 fully saturated rings. The SMILES string of the molecule is CC(C)N(C(C)C)C(S)S. The fourth-order valence-electron chi connectivity index (χ4n) is 1.13. The molecule has 0 aliphatic rings. The van der Waals surface area contributed by atoms with Crippen molar-refractivity contribution in [2.24, 2.45) is 0 Å². The number of nitrogens with zero attached hydrogens (tertiary/aromatic N) is 1. The first kappa shape index (κ1) is 10.7. The van der Waals surface area contributed by atoms with E-state index in [0.29, 0.717) is 12.1 Å². The normalized spacial score (nSPS) is 12.6. The average molecular weight is 179 g/mol. The van der Waals surface area contributed by atoms with Crippen molar-refractivity contribution >= 4 is 25.3 Å². The van der Waals surface area contributed by atoms with Gasteiger partial charge >= 0.3 is 0 Å². The molecule has 0 N–H and O–H groups in total. The second kappa shape index (κ2) is 4.52. The zero-order valence-electron chi connectivity index (χ0n) is 7.07. The molecule has 0 aromatic carbocycles. The number of thiol groups is 2. The number of hydrogen-bond acceptors (Lipinski definition) is 3. The van der Waals surface area contributed by atoms with Gasteiger partial charge < -0.3 is 0 Å². The molecule has 10 heavy (non-hydrogen) atoms. The van der Waals surface area contributed by atoms with Crippen LogP contribution in [0.5, 0.6) is 0 Å². The van der Waals surface area contributed by atoms with E-state index in [2.05, 4.69) is 57.9 Å². The largest absolute Gasteiger partial charge is 0.279 e. The van der Waals surface area contributed by atoms with Gasteiger partial charge in [-0.05, 0) is 27.7 Å². The molecule has 0 heterocycles. The van der Waals surface area contributed by atoms with Gasteiger partial charge in [0.2, 0.25) is 0 Å². The molecule has 0 rings (SSSR count). The summed E-state index contributed by atoms with van der Waals surface area (Å²) in [7, 11) is 0. The van der Waals surface area contributed by atoms with Gasteiger partial charge in [-0.1, -0.05) is 0 Å². The molecule has 0 aliphatic carbocycles. The molecular weight excluding hydrogens is 162 g/mol. The summed E-state index contributed by atoms with van der Waals surface area (Å²) in [6.07, 6.45) is 0. The summed E-state index contributed by atoms with van der Waals surface area (Å²) in [6.45, 7) is 8.61. The van der Waals surface area contributed by atoms with Crippen molar-refractivity contribution in [1.29, 1.82) is 0 Å². The van der Waals surface area contributed by atoms with Crippen LogP contribution in [-0.4, -0.2) is 21.7 Å². The maximum atomic E-state index is 4.26. The van der Waals surface area contributed by atoms with Crippen LogP contribution < -0.4 is 0 Å². The molecule has 0 aliphatic heterocycles. The molecule has 0 atom stereocenters. The molecule has 0 bridgehead atoms. The fourth-order valence-corrected chi connectivity index (χ4v) is 2.20. The molecule has 0 aromatic rings. The molecule has 0 radical (unpaired) electrons. The fraction of sp³-hybridized carbons (Fsp3) is 1.00. The molecule has 3 heteroatoms. The van der Waals surface area contributed by atoms with E-state index in [1.165, 1.54) is 0 Å². The Labute approximate surface area is 75.0 Å². The summed E-state index contributed by atoms with van der Waals surface area (Å²) in [5.41, 5.74) is 0. The van der Waals surface area contributed by atoms with Gasteiger partial charge in [-0.3, -0.25) is 4.90 Å². The first-order valence-electron chi connectivity index (χ1n) is 3.60. The highest BCUT2D eigenvalue weighted by atomic mass is 32.2. The van der Waals surface area contributed by atoms with E-state index in [0.717, 1.165) is 0 Å². The van der Waals surface area contributed by atoms with E-state index >= 15 is 0 Å². The molecule has 62 valence electrons. The van der Waals surface area contributed by atoms with E-state index in [1.807, 2.05) is 0 Å². The van der Waals surface area contributed by atoms with Crippen molar-refractivity contribution < 1.29 is 0 Å². The zero-order chi connectivity index (χ0) is 8.31. The van der Waals surface area contributed by atoms with Gasteiger partial charge in [0.05, 0.1) is 4.71 Å². The summed E-state index contributed by atoms with van der Waals surface area (Å²) >= 11 is 8.52. The van der Waals surface area contributed by atoms with E-state index in [-0.39, 0.29) is 4.71 Å². The van der Waals surface area contributed by atoms with Gasteiger partial charge in [-0.25, -0.2) is 0 Å². The lowest BCUT2D eigenvalue weighted by atomic mass is 10.2. The lowest BCUT2D eigenvalue weighted by molar-refractivity contribution is 0.198. The smallest absolute Gasteiger partial charge is 0.0974 e. The van der Waals surface area contributed by atoms with Crippen LogP contribution in [0.25, 0.3) is 0 Å². The molecular formula is C7H17NS2. The Morgan fingerprint density at radius 3 is 1.20 bits per heavy atom. The second-order valence-electron chi connectivity index (χ2n) is 2.98. The maximum Gasteiger partial charge on any atom is 0.0974 e. The van der Waals surface area contributed by atoms with E-state index < -0.39 is 0 Å². The van der Waals surface area contributed by atoms with Gasteiger partial charge in [-0.2, -0.15) is 0 Å². The van der Waals surface area contributed by atoms with Crippen molar-refractivity contribution in [3.05, 3.63) is 0 Å². The lowest BCUT2D eigenvalue weighted by Crippen LogP contribution is -2.39. The van der Waals surface area contributed by atoms with Gasteiger partial charge in [0.1, 0.15) is 0 Å². The summed E-state index contributed by atoms with van der Waals surface area (Å²) in [5, 5.41) is 0. The minimum absolute atomic E-state index is 0.0556. The Bertz CT molecular complexity index is 72.6. The molecule has 0 saturated carbocycles. The molecule has 0 amide bonds. The first-order chi connectivity index (χ1) is 4.46. The predicted molar refractivity (Wildman–Crippen MR) is 53.9 cm³/mol. The van der Waals surface area contributed by atoms with Gasteiger partial charge in [-0.15, -0.1) is 25.3 Å². The van der Waals surface area contributed by atoms with E-state index in [1.54, 1.807) is 0 Å². The van der Waals surface area contributed by atoms with Crippen LogP contribution in [-0.2, 0) is 0 Å². The van der Waals surface area contributed by atoms with Gasteiger partial charge in [0.15, 0.2) is 0 Å². The van der Waals surface area contributed by atoms with Crippen molar-refractivity contribution in [2.75, 3.05) is 0 Å². The second-order valence-corrected chi connectivity index (χ2v) is 4.37. The third-order valence-corrected chi connectivity index (χ3v) is 1.99. The predicted octanol–water partition coefficient (Wildman–Crippen LogP) is 2.25. The van der Waals surface area contributed by atoms with Crippen LogP contribution in [0.3, 0.4) is 0 Å². The summed E-state index contributed by atoms with van der Waals surface area (Å²) in [6, 6.07) is 1.03. The van der Waals surface area contributed by atoms with Crippen LogP contribution in [0, 0.1) is 0 Å². The minimum atomic E-state index is 0.0556. The Balaban J connectivity index is 3.98. The Morgan fingerprint density at radius 1 is 0.900 bits per heavy atom. The average Bonchev–Trinajstić information content (AvgIpc) is 1.59. The lowest BCUT2D eigenvalue weighted by Gasteiger charge is -2.32. The minimum Gasteiger partial charge on any atom is -0.279 e. The standard InChI is InChI=1S/C7H17NS2/c1-5(2)8(6(3)4)7(9)10/h5-7,9-10H,1-4H3. The molecule has 0 spiro atoms. The highest BCUT2D eigenvalue weighted by Crippen LogP contribution is 2.15. The Kier molecular flexibility index (Phi) is 4.82. The van der Waals surface area contributed by atoms with Crippen LogP contribution in [0.1, 0.15) is 27.7 Å². The van der Waals surface area contributed by atoms with Gasteiger partial charge in [0, 0.05) is 12.1 Å². The maximum absolute atomic E-state index is 4.26. The first-order valence-corrected chi connectivity index (χ1v) is 4.63. The molecule has 1 nitrogen and oxygen atoms in total. The third-order valence-electron chi connectivity index (χ3n) is 1.46. The van der Waals surface area contributed by atoms with Crippen molar-refractivity contribution in [3.63, 3.8) is 0 Å². The van der Waals surface area contributed by atoms with Crippen molar-refractivity contribution in [3.8, 4) is 0 Å². The van der Waals surface area contributed by atoms with Crippen LogP contribution >= 0.6 is 25.3 Å². The van der Waals surface area contributed by atoms with E-state index in [9.17, 15) is 0 Å². The van der Waals surface area contributed by atoms with Crippen LogP contribution in [0.4, 0.5) is 0 Å². The zero-order valence-corrected chi connectivity index (χ0v) is 8.86. The number of hydrogen-bond donors (Lipinski definition) is 2. The van der Waals surface area contributed by atoms with Crippen LogP contribution in [0.2, 0.25) is 0 Å². The quantitative estimate of drug-likeness (QED) is 0.496.